The van der Waals surface area contributed by atoms with Gasteiger partial charge in [-0.3, -0.25) is 0 Å². The molecule has 2 aromatic carbocycles. The van der Waals surface area contributed by atoms with E-state index < -0.39 is 0 Å². The minimum atomic E-state index is -0.178. The van der Waals surface area contributed by atoms with Crippen molar-refractivity contribution in [3.05, 3.63) is 58.7 Å². The lowest BCUT2D eigenvalue weighted by Crippen LogP contribution is -2.31. The summed E-state index contributed by atoms with van der Waals surface area (Å²) in [5.41, 5.74) is 5.36. The van der Waals surface area contributed by atoms with E-state index in [0.717, 1.165) is 34.5 Å². The average molecular weight is 312 g/mol. The normalized spacial score (nSPS) is 10.3. The lowest BCUT2D eigenvalue weighted by Gasteiger charge is -2.13. The van der Waals surface area contributed by atoms with Crippen molar-refractivity contribution in [1.29, 1.82) is 0 Å². The molecule has 0 radical (unpaired) electrons. The Bertz CT molecular complexity index is 673. The maximum absolute atomic E-state index is 12.1. The molecule has 0 spiro atoms. The number of nitrogens with one attached hydrogen (secondary N) is 2. The van der Waals surface area contributed by atoms with Gasteiger partial charge in [0.1, 0.15) is 5.75 Å². The van der Waals surface area contributed by atoms with Crippen molar-refractivity contribution in [1.82, 2.24) is 5.32 Å². The number of methoxy groups -OCH3 is 1. The Morgan fingerprint density at radius 3 is 2.43 bits per heavy atom. The van der Waals surface area contributed by atoms with Crippen LogP contribution < -0.4 is 15.4 Å². The van der Waals surface area contributed by atoms with Gasteiger partial charge in [-0.15, -0.1) is 0 Å². The Morgan fingerprint density at radius 2 is 1.78 bits per heavy atom. The van der Waals surface area contributed by atoms with Gasteiger partial charge in [-0.1, -0.05) is 29.8 Å². The Kier molecular flexibility index (Phi) is 5.63. The lowest BCUT2D eigenvalue weighted by molar-refractivity contribution is 0.252. The van der Waals surface area contributed by atoms with E-state index in [1.807, 2.05) is 38.1 Å². The molecule has 0 unspecified atom stereocenters. The molecule has 0 saturated carbocycles. The predicted molar refractivity (Wildman–Crippen MR) is 94.4 cm³/mol. The zero-order valence-electron chi connectivity index (χ0n) is 14.2. The molecule has 0 aliphatic heterocycles. The zero-order valence-corrected chi connectivity index (χ0v) is 14.2. The zero-order chi connectivity index (χ0) is 16.8. The van der Waals surface area contributed by atoms with Crippen molar-refractivity contribution >= 4 is 11.7 Å². The largest absolute Gasteiger partial charge is 0.497 e. The van der Waals surface area contributed by atoms with Crippen LogP contribution in [-0.2, 0) is 6.42 Å². The van der Waals surface area contributed by atoms with Crippen molar-refractivity contribution in [3.8, 4) is 5.75 Å². The Morgan fingerprint density at radius 1 is 1.09 bits per heavy atom. The Hall–Kier alpha value is -2.49. The molecule has 122 valence electrons. The van der Waals surface area contributed by atoms with Crippen LogP contribution in [0.2, 0.25) is 0 Å². The number of hydrogen-bond donors (Lipinski definition) is 2. The van der Waals surface area contributed by atoms with Gasteiger partial charge in [0, 0.05) is 12.2 Å². The van der Waals surface area contributed by atoms with Gasteiger partial charge in [-0.2, -0.15) is 0 Å². The first-order valence-electron chi connectivity index (χ1n) is 7.75. The summed E-state index contributed by atoms with van der Waals surface area (Å²) in [4.78, 5) is 12.1. The second-order valence-corrected chi connectivity index (χ2v) is 5.76. The first-order chi connectivity index (χ1) is 11.0. The van der Waals surface area contributed by atoms with Crippen molar-refractivity contribution in [2.45, 2.75) is 27.2 Å². The van der Waals surface area contributed by atoms with Gasteiger partial charge < -0.3 is 15.4 Å². The molecule has 0 bridgehead atoms. The maximum atomic E-state index is 12.1. The topological polar surface area (TPSA) is 50.4 Å². The minimum absolute atomic E-state index is 0.178. The second kappa shape index (κ2) is 7.68. The highest BCUT2D eigenvalue weighted by Crippen LogP contribution is 2.21. The van der Waals surface area contributed by atoms with Gasteiger partial charge in [0.15, 0.2) is 0 Å². The molecule has 0 aliphatic rings. The molecule has 0 atom stereocenters. The lowest BCUT2D eigenvalue weighted by atomic mass is 10.1. The highest BCUT2D eigenvalue weighted by molar-refractivity contribution is 5.91. The number of benzene rings is 2. The number of aryl methyl sites for hydroxylation is 3. The molecule has 2 aromatic rings. The summed E-state index contributed by atoms with van der Waals surface area (Å²) in [6.07, 6.45) is 0.760. The van der Waals surface area contributed by atoms with Crippen LogP contribution >= 0.6 is 0 Å². The fourth-order valence-corrected chi connectivity index (χ4v) is 2.68. The van der Waals surface area contributed by atoms with E-state index in [9.17, 15) is 4.79 Å². The van der Waals surface area contributed by atoms with Gasteiger partial charge in [-0.25, -0.2) is 4.79 Å². The minimum Gasteiger partial charge on any atom is -0.497 e. The third-order valence-corrected chi connectivity index (χ3v) is 3.75. The monoisotopic (exact) mass is 312 g/mol. The predicted octanol–water partition coefficient (Wildman–Crippen LogP) is 3.98. The first kappa shape index (κ1) is 16.9. The van der Waals surface area contributed by atoms with E-state index in [2.05, 4.69) is 29.7 Å². The van der Waals surface area contributed by atoms with Crippen LogP contribution in [0.5, 0.6) is 5.75 Å². The average Bonchev–Trinajstić information content (AvgIpc) is 2.51. The van der Waals surface area contributed by atoms with E-state index in [4.69, 9.17) is 4.74 Å². The summed E-state index contributed by atoms with van der Waals surface area (Å²) >= 11 is 0. The van der Waals surface area contributed by atoms with E-state index >= 15 is 0 Å². The fraction of sp³-hybridized carbons (Fsp3) is 0.316. The van der Waals surface area contributed by atoms with E-state index in [0.29, 0.717) is 6.54 Å². The summed E-state index contributed by atoms with van der Waals surface area (Å²) in [5, 5.41) is 5.84. The molecule has 4 nitrogen and oxygen atoms in total. The highest BCUT2D eigenvalue weighted by Gasteiger charge is 2.07. The molecule has 4 heteroatoms. The smallest absolute Gasteiger partial charge is 0.319 e. The number of hydrogen-bond acceptors (Lipinski definition) is 2. The molecule has 2 N–H and O–H groups in total. The number of carbonyl (C=O) groups excluding carboxylic acids is 1. The van der Waals surface area contributed by atoms with Crippen molar-refractivity contribution in [2.24, 2.45) is 0 Å². The molecule has 0 aromatic heterocycles. The van der Waals surface area contributed by atoms with Gasteiger partial charge in [-0.05, 0) is 56.0 Å². The summed E-state index contributed by atoms with van der Waals surface area (Å²) in [5.74, 6) is 0.831. The van der Waals surface area contributed by atoms with E-state index in [1.165, 1.54) is 5.56 Å². The quantitative estimate of drug-likeness (QED) is 0.877. The molecule has 2 rings (SSSR count). The molecule has 0 fully saturated rings. The van der Waals surface area contributed by atoms with Gasteiger partial charge in [0.05, 0.1) is 7.11 Å². The molecule has 2 amide bonds. The number of anilines is 1. The number of carbonyl (C=O) groups is 1. The van der Waals surface area contributed by atoms with E-state index in [1.54, 1.807) is 7.11 Å². The Labute approximate surface area is 137 Å². The van der Waals surface area contributed by atoms with Crippen LogP contribution in [0, 0.1) is 20.8 Å². The van der Waals surface area contributed by atoms with Gasteiger partial charge in [0.25, 0.3) is 0 Å². The standard InChI is InChI=1S/C19H24N2O2/c1-13-10-14(2)18(15(3)11-13)21-19(22)20-9-8-16-6-5-7-17(12-16)23-4/h5-7,10-12H,8-9H2,1-4H3,(H2,20,21,22). The third-order valence-electron chi connectivity index (χ3n) is 3.75. The summed E-state index contributed by atoms with van der Waals surface area (Å²) < 4.78 is 5.20. The molecule has 0 aliphatic carbocycles. The second-order valence-electron chi connectivity index (χ2n) is 5.76. The fourth-order valence-electron chi connectivity index (χ4n) is 2.68. The van der Waals surface area contributed by atoms with Crippen molar-refractivity contribution in [3.63, 3.8) is 0 Å². The molecule has 0 saturated heterocycles. The third kappa shape index (κ3) is 4.74. The van der Waals surface area contributed by atoms with Crippen LogP contribution in [0.4, 0.5) is 10.5 Å². The Balaban J connectivity index is 1.88. The van der Waals surface area contributed by atoms with Crippen LogP contribution in [0.1, 0.15) is 22.3 Å². The van der Waals surface area contributed by atoms with Crippen LogP contribution in [0.3, 0.4) is 0 Å². The summed E-state index contributed by atoms with van der Waals surface area (Å²) in [7, 11) is 1.65. The summed E-state index contributed by atoms with van der Waals surface area (Å²) in [6, 6.07) is 11.8. The highest BCUT2D eigenvalue weighted by atomic mass is 16.5. The SMILES string of the molecule is COc1cccc(CCNC(=O)Nc2c(C)cc(C)cc2C)c1. The molecule has 23 heavy (non-hydrogen) atoms. The first-order valence-corrected chi connectivity index (χ1v) is 7.75. The van der Waals surface area contributed by atoms with E-state index in [-0.39, 0.29) is 6.03 Å². The molecular formula is C19H24N2O2. The summed E-state index contributed by atoms with van der Waals surface area (Å²) in [6.45, 7) is 6.64. The molecular weight excluding hydrogens is 288 g/mol. The van der Waals surface area contributed by atoms with Crippen molar-refractivity contribution in [2.75, 3.05) is 19.0 Å². The molecule has 0 heterocycles. The number of amides is 2. The van der Waals surface area contributed by atoms with Gasteiger partial charge in [0.2, 0.25) is 0 Å². The number of urea groups is 1. The van der Waals surface area contributed by atoms with Crippen LogP contribution in [0.25, 0.3) is 0 Å². The van der Waals surface area contributed by atoms with Crippen LogP contribution in [-0.4, -0.2) is 19.7 Å². The van der Waals surface area contributed by atoms with Crippen LogP contribution in [0.15, 0.2) is 36.4 Å². The number of ether oxygens (including phenoxy) is 1. The van der Waals surface area contributed by atoms with Gasteiger partial charge >= 0.3 is 6.03 Å². The number of rotatable bonds is 5. The van der Waals surface area contributed by atoms with Crippen molar-refractivity contribution < 1.29 is 9.53 Å². The maximum Gasteiger partial charge on any atom is 0.319 e.